The van der Waals surface area contributed by atoms with Crippen molar-refractivity contribution in [1.29, 1.82) is 0 Å². The summed E-state index contributed by atoms with van der Waals surface area (Å²) in [5.41, 5.74) is 2.89. The molecule has 0 aliphatic carbocycles. The first-order valence-electron chi connectivity index (χ1n) is 8.54. The molecule has 2 aromatic rings. The Morgan fingerprint density at radius 1 is 1.29 bits per heavy atom. The molecule has 0 radical (unpaired) electrons. The number of piperidine rings is 1. The number of amides is 1. The second kappa shape index (κ2) is 7.45. The van der Waals surface area contributed by atoms with E-state index in [-0.39, 0.29) is 12.5 Å². The maximum atomic E-state index is 12.6. The van der Waals surface area contributed by atoms with E-state index in [2.05, 4.69) is 43.1 Å². The molecule has 0 spiro atoms. The quantitative estimate of drug-likeness (QED) is 0.918. The topological polar surface area (TPSA) is 53.4 Å². The highest BCUT2D eigenvalue weighted by molar-refractivity contribution is 7.13. The third-order valence-electron chi connectivity index (χ3n) is 4.71. The van der Waals surface area contributed by atoms with Gasteiger partial charge in [0.25, 0.3) is 5.91 Å². The number of aliphatic hydroxyl groups excluding tert-OH is 1. The number of benzene rings is 1. The van der Waals surface area contributed by atoms with Gasteiger partial charge in [-0.25, -0.2) is 4.98 Å². The Bertz CT molecular complexity index is 686. The molecular formula is C19H24N2O2S. The monoisotopic (exact) mass is 344 g/mol. The normalized spacial score (nSPS) is 15.9. The summed E-state index contributed by atoms with van der Waals surface area (Å²) in [7, 11) is 0. The van der Waals surface area contributed by atoms with Crippen LogP contribution >= 0.6 is 11.3 Å². The molecule has 0 saturated carbocycles. The lowest BCUT2D eigenvalue weighted by Crippen LogP contribution is -2.39. The van der Waals surface area contributed by atoms with Gasteiger partial charge in [0.1, 0.15) is 10.7 Å². The Hall–Kier alpha value is -1.72. The Balaban J connectivity index is 1.70. The van der Waals surface area contributed by atoms with Crippen molar-refractivity contribution in [2.24, 2.45) is 5.92 Å². The number of aliphatic hydroxyl groups is 1. The molecule has 128 valence electrons. The minimum absolute atomic E-state index is 0.00712. The van der Waals surface area contributed by atoms with E-state index in [0.717, 1.165) is 23.4 Å². The fraction of sp³-hybridized carbons (Fsp3) is 0.474. The number of aromatic nitrogens is 1. The van der Waals surface area contributed by atoms with E-state index in [9.17, 15) is 9.90 Å². The molecule has 1 fully saturated rings. The van der Waals surface area contributed by atoms with Gasteiger partial charge in [0.2, 0.25) is 0 Å². The largest absolute Gasteiger partial charge is 0.396 e. The summed E-state index contributed by atoms with van der Waals surface area (Å²) in [6, 6.07) is 8.41. The maximum absolute atomic E-state index is 12.6. The van der Waals surface area contributed by atoms with E-state index in [1.165, 1.54) is 16.9 Å². The molecule has 0 bridgehead atoms. The first-order valence-corrected chi connectivity index (χ1v) is 9.42. The van der Waals surface area contributed by atoms with Crippen LogP contribution < -0.4 is 0 Å². The van der Waals surface area contributed by atoms with Gasteiger partial charge in [-0.2, -0.15) is 0 Å². The molecule has 4 nitrogen and oxygen atoms in total. The van der Waals surface area contributed by atoms with Crippen LogP contribution in [-0.4, -0.2) is 40.6 Å². The number of carbonyl (C=O) groups is 1. The van der Waals surface area contributed by atoms with Gasteiger partial charge < -0.3 is 10.0 Å². The van der Waals surface area contributed by atoms with Crippen LogP contribution in [0.2, 0.25) is 0 Å². The molecule has 5 heteroatoms. The van der Waals surface area contributed by atoms with Crippen LogP contribution in [0.4, 0.5) is 0 Å². The SMILES string of the molecule is CC(C)c1ccc(-c2nc(C(=O)N3CCC(CO)CC3)cs2)cc1. The molecule has 1 N–H and O–H groups in total. The molecule has 1 aliphatic heterocycles. The molecule has 1 aliphatic rings. The van der Waals surface area contributed by atoms with Gasteiger partial charge in [0.05, 0.1) is 0 Å². The Morgan fingerprint density at radius 3 is 2.54 bits per heavy atom. The number of carbonyl (C=O) groups excluding carboxylic acids is 1. The number of thiazole rings is 1. The van der Waals surface area contributed by atoms with Gasteiger partial charge in [-0.05, 0) is 30.2 Å². The summed E-state index contributed by atoms with van der Waals surface area (Å²) in [4.78, 5) is 19.0. The fourth-order valence-corrected chi connectivity index (χ4v) is 3.80. The standard InChI is InChI=1S/C19H24N2O2S/c1-13(2)15-3-5-16(6-4-15)18-20-17(12-24-18)19(23)21-9-7-14(11-22)8-10-21/h3-6,12-14,22H,7-11H2,1-2H3. The number of nitrogens with zero attached hydrogens (tertiary/aromatic N) is 2. The summed E-state index contributed by atoms with van der Waals surface area (Å²) in [6.07, 6.45) is 1.74. The number of rotatable bonds is 4. The average Bonchev–Trinajstić information content (AvgIpc) is 3.11. The highest BCUT2D eigenvalue weighted by Gasteiger charge is 2.24. The fourth-order valence-electron chi connectivity index (χ4n) is 3.00. The van der Waals surface area contributed by atoms with Crippen LogP contribution in [-0.2, 0) is 0 Å². The van der Waals surface area contributed by atoms with Crippen LogP contribution in [0.1, 0.15) is 48.7 Å². The van der Waals surface area contributed by atoms with Crippen molar-refractivity contribution in [3.63, 3.8) is 0 Å². The van der Waals surface area contributed by atoms with Gasteiger partial charge in [-0.3, -0.25) is 4.79 Å². The van der Waals surface area contributed by atoms with E-state index in [0.29, 0.717) is 30.6 Å². The van der Waals surface area contributed by atoms with Crippen LogP contribution in [0.3, 0.4) is 0 Å². The van der Waals surface area contributed by atoms with Crippen molar-refractivity contribution < 1.29 is 9.90 Å². The summed E-state index contributed by atoms with van der Waals surface area (Å²) in [5, 5.41) is 11.9. The summed E-state index contributed by atoms with van der Waals surface area (Å²) in [5.74, 6) is 0.849. The van der Waals surface area contributed by atoms with Gasteiger partial charge >= 0.3 is 0 Å². The Morgan fingerprint density at radius 2 is 1.96 bits per heavy atom. The molecule has 0 unspecified atom stereocenters. The lowest BCUT2D eigenvalue weighted by atomic mass is 9.98. The zero-order valence-corrected chi connectivity index (χ0v) is 15.1. The molecule has 1 saturated heterocycles. The second-order valence-electron chi connectivity index (χ2n) is 6.73. The first kappa shape index (κ1) is 17.1. The average molecular weight is 344 g/mol. The van der Waals surface area contributed by atoms with E-state index >= 15 is 0 Å². The number of hydrogen-bond acceptors (Lipinski definition) is 4. The Kier molecular flexibility index (Phi) is 5.31. The molecular weight excluding hydrogens is 320 g/mol. The zero-order valence-electron chi connectivity index (χ0n) is 14.2. The van der Waals surface area contributed by atoms with Crippen LogP contribution in [0.5, 0.6) is 0 Å². The van der Waals surface area contributed by atoms with Gasteiger partial charge in [-0.15, -0.1) is 11.3 Å². The number of likely N-dealkylation sites (tertiary alicyclic amines) is 1. The summed E-state index contributed by atoms with van der Waals surface area (Å²) < 4.78 is 0. The minimum Gasteiger partial charge on any atom is -0.396 e. The van der Waals surface area contributed by atoms with Crippen molar-refractivity contribution >= 4 is 17.2 Å². The third-order valence-corrected chi connectivity index (χ3v) is 5.60. The van der Waals surface area contributed by atoms with E-state index in [4.69, 9.17) is 0 Å². The van der Waals surface area contributed by atoms with Crippen molar-refractivity contribution in [2.75, 3.05) is 19.7 Å². The van der Waals surface area contributed by atoms with Crippen LogP contribution in [0.15, 0.2) is 29.6 Å². The molecule has 1 amide bonds. The molecule has 3 rings (SSSR count). The zero-order chi connectivity index (χ0) is 17.1. The Labute approximate surface area is 147 Å². The third kappa shape index (κ3) is 3.68. The molecule has 1 aromatic heterocycles. The van der Waals surface area contributed by atoms with E-state index in [1.807, 2.05) is 10.3 Å². The molecule has 2 heterocycles. The van der Waals surface area contributed by atoms with Crippen molar-refractivity contribution in [2.45, 2.75) is 32.6 Å². The first-order chi connectivity index (χ1) is 11.6. The van der Waals surface area contributed by atoms with Gasteiger partial charge in [-0.1, -0.05) is 38.1 Å². The van der Waals surface area contributed by atoms with E-state index in [1.54, 1.807) is 0 Å². The van der Waals surface area contributed by atoms with Crippen molar-refractivity contribution in [1.82, 2.24) is 9.88 Å². The smallest absolute Gasteiger partial charge is 0.273 e. The van der Waals surface area contributed by atoms with E-state index < -0.39 is 0 Å². The van der Waals surface area contributed by atoms with Crippen LogP contribution in [0, 0.1) is 5.92 Å². The summed E-state index contributed by atoms with van der Waals surface area (Å²) >= 11 is 1.52. The highest BCUT2D eigenvalue weighted by Crippen LogP contribution is 2.27. The molecule has 1 aromatic carbocycles. The highest BCUT2D eigenvalue weighted by atomic mass is 32.1. The predicted octanol–water partition coefficient (Wildman–Crippen LogP) is 3.78. The lowest BCUT2D eigenvalue weighted by molar-refractivity contribution is 0.0646. The van der Waals surface area contributed by atoms with Gasteiger partial charge in [0.15, 0.2) is 0 Å². The predicted molar refractivity (Wildman–Crippen MR) is 97.4 cm³/mol. The van der Waals surface area contributed by atoms with Crippen molar-refractivity contribution in [3.8, 4) is 10.6 Å². The lowest BCUT2D eigenvalue weighted by Gasteiger charge is -2.30. The molecule has 24 heavy (non-hydrogen) atoms. The number of hydrogen-bond donors (Lipinski definition) is 1. The van der Waals surface area contributed by atoms with Gasteiger partial charge in [0, 0.05) is 30.6 Å². The molecule has 0 atom stereocenters. The second-order valence-corrected chi connectivity index (χ2v) is 7.59. The maximum Gasteiger partial charge on any atom is 0.273 e. The van der Waals surface area contributed by atoms with Crippen LogP contribution in [0.25, 0.3) is 10.6 Å². The minimum atomic E-state index is 0.00712. The summed E-state index contributed by atoms with van der Waals surface area (Å²) in [6.45, 7) is 5.99. The van der Waals surface area contributed by atoms with Crippen molar-refractivity contribution in [3.05, 3.63) is 40.9 Å².